The number of benzene rings is 2. The molecular formula is C18H16N2OS. The molecular weight excluding hydrogens is 292 g/mol. The summed E-state index contributed by atoms with van der Waals surface area (Å²) in [5.41, 5.74) is 2.52. The van der Waals surface area contributed by atoms with Crippen LogP contribution in [0.2, 0.25) is 0 Å². The number of para-hydroxylation sites is 1. The van der Waals surface area contributed by atoms with Crippen molar-refractivity contribution in [1.82, 2.24) is 4.98 Å². The van der Waals surface area contributed by atoms with Crippen molar-refractivity contribution in [3.8, 4) is 0 Å². The van der Waals surface area contributed by atoms with Gasteiger partial charge in [-0.25, -0.2) is 4.98 Å². The van der Waals surface area contributed by atoms with Crippen molar-refractivity contribution < 1.29 is 4.79 Å². The van der Waals surface area contributed by atoms with Gasteiger partial charge in [0.1, 0.15) is 0 Å². The van der Waals surface area contributed by atoms with Crippen molar-refractivity contribution in [2.45, 2.75) is 6.92 Å². The summed E-state index contributed by atoms with van der Waals surface area (Å²) in [6.07, 6.45) is 0. The van der Waals surface area contributed by atoms with Crippen LogP contribution in [-0.2, 0) is 0 Å². The van der Waals surface area contributed by atoms with Gasteiger partial charge in [0.2, 0.25) is 5.78 Å². The number of rotatable bonds is 4. The summed E-state index contributed by atoms with van der Waals surface area (Å²) in [6.45, 7) is 1.88. The Morgan fingerprint density at radius 3 is 2.23 bits per heavy atom. The third-order valence-corrected chi connectivity index (χ3v) is 4.69. The maximum Gasteiger partial charge on any atom is 0.204 e. The molecule has 2 aromatic carbocycles. The Bertz CT molecular complexity index is 781. The quantitative estimate of drug-likeness (QED) is 0.668. The monoisotopic (exact) mass is 308 g/mol. The Labute approximate surface area is 133 Å². The standard InChI is InChI=1S/C18H16N2OS/c1-13-17(16(21)14-9-5-3-6-10-14)22-18(19-13)20(2)15-11-7-4-8-12-15/h3-12H,1-2H3. The van der Waals surface area contributed by atoms with E-state index in [-0.39, 0.29) is 5.78 Å². The molecule has 4 heteroatoms. The Hall–Kier alpha value is -2.46. The first-order valence-electron chi connectivity index (χ1n) is 7.03. The van der Waals surface area contributed by atoms with Gasteiger partial charge in [0.25, 0.3) is 0 Å². The molecule has 1 heterocycles. The highest BCUT2D eigenvalue weighted by Gasteiger charge is 2.19. The SMILES string of the molecule is Cc1nc(N(C)c2ccccc2)sc1C(=O)c1ccccc1. The highest BCUT2D eigenvalue weighted by molar-refractivity contribution is 7.17. The second kappa shape index (κ2) is 6.12. The highest BCUT2D eigenvalue weighted by Crippen LogP contribution is 2.31. The van der Waals surface area contributed by atoms with Crippen molar-refractivity contribution in [3.05, 3.63) is 76.8 Å². The molecule has 0 fully saturated rings. The molecule has 22 heavy (non-hydrogen) atoms. The van der Waals surface area contributed by atoms with Crippen molar-refractivity contribution in [2.24, 2.45) is 0 Å². The summed E-state index contributed by atoms with van der Waals surface area (Å²) in [5.74, 6) is 0.0308. The van der Waals surface area contributed by atoms with Gasteiger partial charge in [0, 0.05) is 18.3 Å². The second-order valence-corrected chi connectivity index (χ2v) is 5.98. The number of hydrogen-bond acceptors (Lipinski definition) is 4. The molecule has 0 aliphatic carbocycles. The summed E-state index contributed by atoms with van der Waals surface area (Å²) >= 11 is 1.43. The number of aromatic nitrogens is 1. The van der Waals surface area contributed by atoms with E-state index in [1.807, 2.05) is 79.5 Å². The topological polar surface area (TPSA) is 33.2 Å². The van der Waals surface area contributed by atoms with Crippen LogP contribution in [0.5, 0.6) is 0 Å². The zero-order valence-corrected chi connectivity index (χ0v) is 13.3. The molecule has 0 atom stereocenters. The smallest absolute Gasteiger partial charge is 0.204 e. The van der Waals surface area contributed by atoms with Crippen molar-refractivity contribution in [3.63, 3.8) is 0 Å². The lowest BCUT2D eigenvalue weighted by Crippen LogP contribution is -2.08. The summed E-state index contributed by atoms with van der Waals surface area (Å²) in [7, 11) is 1.96. The molecule has 1 aromatic heterocycles. The van der Waals surface area contributed by atoms with E-state index in [9.17, 15) is 4.79 Å². The minimum absolute atomic E-state index is 0.0308. The summed E-state index contributed by atoms with van der Waals surface area (Å²) in [5, 5.41) is 0.822. The van der Waals surface area contributed by atoms with Gasteiger partial charge < -0.3 is 4.90 Å². The van der Waals surface area contributed by atoms with Crippen LogP contribution < -0.4 is 4.90 Å². The Morgan fingerprint density at radius 2 is 1.59 bits per heavy atom. The molecule has 0 spiro atoms. The lowest BCUT2D eigenvalue weighted by molar-refractivity contribution is 0.104. The highest BCUT2D eigenvalue weighted by atomic mass is 32.1. The van der Waals surface area contributed by atoms with Crippen LogP contribution in [-0.4, -0.2) is 17.8 Å². The average Bonchev–Trinajstić information content (AvgIpc) is 2.97. The molecule has 0 aliphatic rings. The van der Waals surface area contributed by atoms with Gasteiger partial charge >= 0.3 is 0 Å². The lowest BCUT2D eigenvalue weighted by atomic mass is 10.1. The minimum atomic E-state index is 0.0308. The van der Waals surface area contributed by atoms with E-state index in [4.69, 9.17) is 0 Å². The number of hydrogen-bond donors (Lipinski definition) is 0. The number of aryl methyl sites for hydroxylation is 1. The van der Waals surface area contributed by atoms with Gasteiger partial charge in [-0.2, -0.15) is 0 Å². The van der Waals surface area contributed by atoms with E-state index in [0.717, 1.165) is 16.5 Å². The van der Waals surface area contributed by atoms with Gasteiger partial charge in [0.05, 0.1) is 10.6 Å². The fraction of sp³-hybridized carbons (Fsp3) is 0.111. The van der Waals surface area contributed by atoms with Crippen LogP contribution in [0, 0.1) is 6.92 Å². The van der Waals surface area contributed by atoms with Crippen LogP contribution >= 0.6 is 11.3 Å². The second-order valence-electron chi connectivity index (χ2n) is 5.00. The number of nitrogens with zero attached hydrogens (tertiary/aromatic N) is 2. The van der Waals surface area contributed by atoms with E-state index in [1.54, 1.807) is 0 Å². The van der Waals surface area contributed by atoms with E-state index >= 15 is 0 Å². The molecule has 0 bridgehead atoms. The zero-order chi connectivity index (χ0) is 15.5. The maximum atomic E-state index is 12.6. The van der Waals surface area contributed by atoms with Gasteiger partial charge in [-0.3, -0.25) is 4.79 Å². The molecule has 3 rings (SSSR count). The number of carbonyl (C=O) groups excluding carboxylic acids is 1. The Morgan fingerprint density at radius 1 is 1.00 bits per heavy atom. The predicted octanol–water partition coefficient (Wildman–Crippen LogP) is 4.45. The van der Waals surface area contributed by atoms with Crippen LogP contribution in [0.25, 0.3) is 0 Å². The number of anilines is 2. The van der Waals surface area contributed by atoms with Crippen LogP contribution in [0.1, 0.15) is 20.9 Å². The largest absolute Gasteiger partial charge is 0.321 e. The third kappa shape index (κ3) is 2.78. The van der Waals surface area contributed by atoms with Crippen LogP contribution in [0.4, 0.5) is 10.8 Å². The first-order valence-corrected chi connectivity index (χ1v) is 7.84. The Kier molecular flexibility index (Phi) is 4.02. The molecule has 0 radical (unpaired) electrons. The van der Waals surface area contributed by atoms with Crippen LogP contribution in [0.3, 0.4) is 0 Å². The van der Waals surface area contributed by atoms with E-state index in [1.165, 1.54) is 11.3 Å². The van der Waals surface area contributed by atoms with Crippen molar-refractivity contribution in [1.29, 1.82) is 0 Å². The zero-order valence-electron chi connectivity index (χ0n) is 12.5. The normalized spacial score (nSPS) is 10.5. The van der Waals surface area contributed by atoms with Gasteiger partial charge in [0.15, 0.2) is 5.13 Å². The number of ketones is 1. The fourth-order valence-electron chi connectivity index (χ4n) is 2.22. The fourth-order valence-corrected chi connectivity index (χ4v) is 3.23. The van der Waals surface area contributed by atoms with E-state index in [0.29, 0.717) is 10.4 Å². The average molecular weight is 308 g/mol. The van der Waals surface area contributed by atoms with Crippen molar-refractivity contribution in [2.75, 3.05) is 11.9 Å². The molecule has 0 unspecified atom stereocenters. The summed E-state index contributed by atoms with van der Waals surface area (Å²) in [6, 6.07) is 19.3. The van der Waals surface area contributed by atoms with Gasteiger partial charge in [-0.15, -0.1) is 0 Å². The van der Waals surface area contributed by atoms with E-state index < -0.39 is 0 Å². The summed E-state index contributed by atoms with van der Waals surface area (Å²) in [4.78, 5) is 19.8. The Balaban J connectivity index is 1.93. The molecule has 0 saturated heterocycles. The third-order valence-electron chi connectivity index (χ3n) is 3.46. The summed E-state index contributed by atoms with van der Waals surface area (Å²) < 4.78 is 0. The number of thiazole rings is 1. The first kappa shape index (κ1) is 14.5. The minimum Gasteiger partial charge on any atom is -0.321 e. The number of carbonyl (C=O) groups is 1. The van der Waals surface area contributed by atoms with Crippen molar-refractivity contribution >= 4 is 27.9 Å². The van der Waals surface area contributed by atoms with E-state index in [2.05, 4.69) is 4.98 Å². The van der Waals surface area contributed by atoms with Gasteiger partial charge in [-0.05, 0) is 19.1 Å². The van der Waals surface area contributed by atoms with Gasteiger partial charge in [-0.1, -0.05) is 59.9 Å². The molecule has 0 N–H and O–H groups in total. The van der Waals surface area contributed by atoms with Crippen LogP contribution in [0.15, 0.2) is 60.7 Å². The lowest BCUT2D eigenvalue weighted by Gasteiger charge is -2.15. The molecule has 110 valence electrons. The molecule has 3 aromatic rings. The first-order chi connectivity index (χ1) is 10.7. The predicted molar refractivity (Wildman–Crippen MR) is 91.2 cm³/mol. The molecule has 0 amide bonds. The molecule has 0 aliphatic heterocycles. The maximum absolute atomic E-state index is 12.6. The molecule has 0 saturated carbocycles. The molecule has 3 nitrogen and oxygen atoms in total.